The molecule has 2 N–H and O–H groups in total. The molecule has 1 aromatic carbocycles. The molecule has 3 rings (SSSR count). The van der Waals surface area contributed by atoms with E-state index in [4.69, 9.17) is 0 Å². The van der Waals surface area contributed by atoms with Crippen LogP contribution in [0.15, 0.2) is 47.7 Å². The number of hydrogen-bond donors (Lipinski definition) is 2. The van der Waals surface area contributed by atoms with Crippen molar-refractivity contribution in [1.29, 1.82) is 0 Å². The minimum Gasteiger partial charge on any atom is -0.356 e. The van der Waals surface area contributed by atoms with Gasteiger partial charge >= 0.3 is 0 Å². The summed E-state index contributed by atoms with van der Waals surface area (Å²) in [7, 11) is 1.82. The van der Waals surface area contributed by atoms with Crippen molar-refractivity contribution in [3.05, 3.63) is 48.3 Å². The zero-order chi connectivity index (χ0) is 15.4. The van der Waals surface area contributed by atoms with Crippen LogP contribution in [0.5, 0.6) is 0 Å². The van der Waals surface area contributed by atoms with Crippen LogP contribution in [0.3, 0.4) is 0 Å². The zero-order valence-electron chi connectivity index (χ0n) is 13.2. The van der Waals surface area contributed by atoms with Crippen LogP contribution in [0.4, 0.5) is 0 Å². The lowest BCUT2D eigenvalue weighted by molar-refractivity contribution is 0.757. The van der Waals surface area contributed by atoms with Crippen molar-refractivity contribution in [2.45, 2.75) is 25.8 Å². The fraction of sp³-hybridized carbons (Fsp3) is 0.412. The number of aromatic nitrogens is 2. The molecule has 0 spiro atoms. The summed E-state index contributed by atoms with van der Waals surface area (Å²) >= 11 is 0. The van der Waals surface area contributed by atoms with Gasteiger partial charge in [0.05, 0.1) is 5.69 Å². The summed E-state index contributed by atoms with van der Waals surface area (Å²) in [5, 5.41) is 11.0. The first-order valence-electron chi connectivity index (χ1n) is 7.82. The van der Waals surface area contributed by atoms with Gasteiger partial charge in [0.2, 0.25) is 0 Å². The third kappa shape index (κ3) is 3.67. The van der Waals surface area contributed by atoms with Crippen LogP contribution in [0.2, 0.25) is 0 Å². The van der Waals surface area contributed by atoms with Gasteiger partial charge in [0, 0.05) is 32.0 Å². The molecule has 0 saturated heterocycles. The maximum absolute atomic E-state index is 4.26. The van der Waals surface area contributed by atoms with Gasteiger partial charge in [0.25, 0.3) is 0 Å². The van der Waals surface area contributed by atoms with Crippen LogP contribution >= 0.6 is 0 Å². The number of benzene rings is 1. The Labute approximate surface area is 131 Å². The Morgan fingerprint density at radius 3 is 2.73 bits per heavy atom. The number of hydrogen-bond acceptors (Lipinski definition) is 2. The van der Waals surface area contributed by atoms with Crippen LogP contribution in [-0.4, -0.2) is 35.4 Å². The standard InChI is InChI=1S/C17H23N5/c1-13-12-16(13)21-17(18-2)19-10-8-14-4-6-15(7-5-14)22-11-3-9-20-22/h3-7,9,11,13,16H,8,10,12H2,1-2H3,(H2,18,19,21). The van der Waals surface area contributed by atoms with Crippen LogP contribution in [-0.2, 0) is 6.42 Å². The smallest absolute Gasteiger partial charge is 0.191 e. The Balaban J connectivity index is 1.47. The molecule has 0 amide bonds. The topological polar surface area (TPSA) is 54.2 Å². The monoisotopic (exact) mass is 297 g/mol. The highest BCUT2D eigenvalue weighted by molar-refractivity contribution is 5.80. The van der Waals surface area contributed by atoms with E-state index in [1.165, 1.54) is 12.0 Å². The summed E-state index contributed by atoms with van der Waals surface area (Å²) < 4.78 is 1.87. The lowest BCUT2D eigenvalue weighted by Crippen LogP contribution is -2.39. The highest BCUT2D eigenvalue weighted by atomic mass is 15.3. The minimum atomic E-state index is 0.597. The number of nitrogens with one attached hydrogen (secondary N) is 2. The summed E-state index contributed by atoms with van der Waals surface area (Å²) in [4.78, 5) is 4.26. The average Bonchev–Trinajstić information content (AvgIpc) is 3.02. The van der Waals surface area contributed by atoms with E-state index in [2.05, 4.69) is 51.9 Å². The molecule has 0 aliphatic heterocycles. The molecule has 2 aromatic rings. The van der Waals surface area contributed by atoms with Gasteiger partial charge < -0.3 is 10.6 Å². The first-order valence-corrected chi connectivity index (χ1v) is 7.82. The number of guanidine groups is 1. The van der Waals surface area contributed by atoms with E-state index in [-0.39, 0.29) is 0 Å². The summed E-state index contributed by atoms with van der Waals surface area (Å²) in [5.41, 5.74) is 2.39. The second-order valence-electron chi connectivity index (χ2n) is 5.83. The van der Waals surface area contributed by atoms with Gasteiger partial charge in [-0.2, -0.15) is 5.10 Å². The molecule has 1 aromatic heterocycles. The molecule has 116 valence electrons. The quantitative estimate of drug-likeness (QED) is 0.655. The Morgan fingerprint density at radius 2 is 2.14 bits per heavy atom. The molecule has 5 nitrogen and oxygen atoms in total. The molecule has 5 heteroatoms. The lowest BCUT2D eigenvalue weighted by Gasteiger charge is -2.11. The van der Waals surface area contributed by atoms with Crippen molar-refractivity contribution < 1.29 is 0 Å². The highest BCUT2D eigenvalue weighted by Gasteiger charge is 2.33. The predicted molar refractivity (Wildman–Crippen MR) is 89.3 cm³/mol. The summed E-state index contributed by atoms with van der Waals surface area (Å²) in [6, 6.07) is 11.0. The second kappa shape index (κ2) is 6.64. The van der Waals surface area contributed by atoms with E-state index in [1.807, 2.05) is 24.0 Å². The van der Waals surface area contributed by atoms with Crippen molar-refractivity contribution in [2.75, 3.05) is 13.6 Å². The Kier molecular flexibility index (Phi) is 4.42. The minimum absolute atomic E-state index is 0.597. The first kappa shape index (κ1) is 14.6. The van der Waals surface area contributed by atoms with E-state index >= 15 is 0 Å². The van der Waals surface area contributed by atoms with Crippen LogP contribution in [0.25, 0.3) is 5.69 Å². The second-order valence-corrected chi connectivity index (χ2v) is 5.83. The van der Waals surface area contributed by atoms with E-state index in [0.717, 1.165) is 30.5 Å². The van der Waals surface area contributed by atoms with E-state index < -0.39 is 0 Å². The maximum Gasteiger partial charge on any atom is 0.191 e. The molecule has 2 unspecified atom stereocenters. The molecule has 1 fully saturated rings. The molecule has 1 saturated carbocycles. The predicted octanol–water partition coefficient (Wildman–Crippen LogP) is 1.99. The van der Waals surface area contributed by atoms with Crippen molar-refractivity contribution >= 4 is 5.96 Å². The number of rotatable bonds is 5. The van der Waals surface area contributed by atoms with Crippen molar-refractivity contribution in [1.82, 2.24) is 20.4 Å². The van der Waals surface area contributed by atoms with E-state index in [0.29, 0.717) is 6.04 Å². The molecular weight excluding hydrogens is 274 g/mol. The molecular formula is C17H23N5. The fourth-order valence-electron chi connectivity index (χ4n) is 2.46. The molecule has 2 atom stereocenters. The zero-order valence-corrected chi connectivity index (χ0v) is 13.2. The van der Waals surface area contributed by atoms with Gasteiger partial charge in [-0.05, 0) is 42.5 Å². The highest BCUT2D eigenvalue weighted by Crippen LogP contribution is 2.28. The molecule has 22 heavy (non-hydrogen) atoms. The van der Waals surface area contributed by atoms with Crippen LogP contribution < -0.4 is 10.6 Å². The van der Waals surface area contributed by atoms with Gasteiger partial charge in [-0.1, -0.05) is 19.1 Å². The molecule has 0 bridgehead atoms. The van der Waals surface area contributed by atoms with Crippen molar-refractivity contribution in [3.63, 3.8) is 0 Å². The van der Waals surface area contributed by atoms with Crippen molar-refractivity contribution in [3.8, 4) is 5.69 Å². The summed E-state index contributed by atoms with van der Waals surface area (Å²) in [6.45, 7) is 3.13. The van der Waals surface area contributed by atoms with Gasteiger partial charge in [0.15, 0.2) is 5.96 Å². The third-order valence-electron chi connectivity index (χ3n) is 4.07. The summed E-state index contributed by atoms with van der Waals surface area (Å²) in [5.74, 6) is 1.68. The SMILES string of the molecule is CN=C(NCCc1ccc(-n2cccn2)cc1)NC1CC1C. The van der Waals surface area contributed by atoms with Crippen LogP contribution in [0.1, 0.15) is 18.9 Å². The third-order valence-corrected chi connectivity index (χ3v) is 4.07. The number of nitrogens with zero attached hydrogens (tertiary/aromatic N) is 3. The van der Waals surface area contributed by atoms with Gasteiger partial charge in [-0.25, -0.2) is 4.68 Å². The molecule has 1 heterocycles. The Morgan fingerprint density at radius 1 is 1.36 bits per heavy atom. The van der Waals surface area contributed by atoms with E-state index in [9.17, 15) is 0 Å². The Bertz CT molecular complexity index is 615. The first-order chi connectivity index (χ1) is 10.8. The van der Waals surface area contributed by atoms with Gasteiger partial charge in [-0.15, -0.1) is 0 Å². The summed E-state index contributed by atoms with van der Waals surface area (Å²) in [6.07, 6.45) is 5.96. The average molecular weight is 297 g/mol. The Hall–Kier alpha value is -2.30. The maximum atomic E-state index is 4.26. The normalized spacial score (nSPS) is 20.7. The molecule has 0 radical (unpaired) electrons. The van der Waals surface area contributed by atoms with E-state index in [1.54, 1.807) is 6.20 Å². The largest absolute Gasteiger partial charge is 0.356 e. The van der Waals surface area contributed by atoms with Gasteiger partial charge in [-0.3, -0.25) is 4.99 Å². The molecule has 1 aliphatic carbocycles. The van der Waals surface area contributed by atoms with Gasteiger partial charge in [0.1, 0.15) is 0 Å². The molecule has 1 aliphatic rings. The fourth-order valence-corrected chi connectivity index (χ4v) is 2.46. The lowest BCUT2D eigenvalue weighted by atomic mass is 10.1. The van der Waals surface area contributed by atoms with Crippen molar-refractivity contribution in [2.24, 2.45) is 10.9 Å². The number of aliphatic imine (C=N–C) groups is 1. The van der Waals surface area contributed by atoms with Crippen LogP contribution in [0, 0.1) is 5.92 Å².